The van der Waals surface area contributed by atoms with Gasteiger partial charge in [-0.05, 0) is 6.42 Å². The highest BCUT2D eigenvalue weighted by Gasteiger charge is 2.37. The number of rotatable bonds is 10. The quantitative estimate of drug-likeness (QED) is 0.156. The average Bonchev–Trinajstić information content (AvgIpc) is 2.92. The van der Waals surface area contributed by atoms with E-state index in [2.05, 4.69) is 4.84 Å². The zero-order valence-corrected chi connectivity index (χ0v) is 16.7. The van der Waals surface area contributed by atoms with Crippen molar-refractivity contribution in [2.24, 2.45) is 0 Å². The van der Waals surface area contributed by atoms with E-state index in [1.807, 2.05) is 16.2 Å². The van der Waals surface area contributed by atoms with E-state index in [1.54, 1.807) is 0 Å². The van der Waals surface area contributed by atoms with E-state index in [0.717, 1.165) is 13.3 Å². The predicted octanol–water partition coefficient (Wildman–Crippen LogP) is 0.00310. The first-order valence-corrected chi connectivity index (χ1v) is 9.18. The third kappa shape index (κ3) is 7.59. The molecule has 1 unspecified atom stereocenters. The smallest absolute Gasteiger partial charge is 0.374 e. The summed E-state index contributed by atoms with van der Waals surface area (Å²) in [7, 11) is 1.97. The van der Waals surface area contributed by atoms with Gasteiger partial charge in [0.05, 0.1) is 13.0 Å². The second-order valence-corrected chi connectivity index (χ2v) is 6.33. The molecule has 1 aliphatic heterocycles. The Kier molecular flexibility index (Phi) is 9.50. The first-order valence-electron chi connectivity index (χ1n) is 8.52. The third-order valence-electron chi connectivity index (χ3n) is 3.34. The Balaban J connectivity index is 2.64. The van der Waals surface area contributed by atoms with Crippen LogP contribution in [0.15, 0.2) is 0 Å². The number of unbranched alkanes of at least 4 members (excludes halogenated alkanes) is 1. The highest BCUT2D eigenvalue weighted by atomic mass is 31.0. The summed E-state index contributed by atoms with van der Waals surface area (Å²) in [5.74, 6) is -6.86. The number of hydrogen-bond acceptors (Lipinski definition) is 10. The number of carbonyl (C=O) groups excluding carboxylic acids is 6. The molecule has 156 valence electrons. The number of hydroxylamine groups is 2. The van der Waals surface area contributed by atoms with Gasteiger partial charge in [-0.25, -0.2) is 9.59 Å². The lowest BCUT2D eigenvalue weighted by atomic mass is 10.2. The topological polar surface area (TPSA) is 143 Å². The minimum Gasteiger partial charge on any atom is -0.463 e. The molecular weight excluding hydrogens is 397 g/mol. The molecule has 1 fully saturated rings. The molecule has 1 rings (SSSR count). The van der Waals surface area contributed by atoms with E-state index in [-0.39, 0.29) is 24.5 Å². The number of ether oxygens (including phenoxy) is 3. The fourth-order valence-electron chi connectivity index (χ4n) is 1.97. The molecule has 0 aromatic rings. The van der Waals surface area contributed by atoms with Crippen LogP contribution in [0.2, 0.25) is 0 Å². The maximum absolute atomic E-state index is 12.1. The summed E-state index contributed by atoms with van der Waals surface area (Å²) in [5, 5.41) is 0.258. The summed E-state index contributed by atoms with van der Waals surface area (Å²) in [4.78, 5) is 74.5. The molecule has 0 saturated carbocycles. The van der Waals surface area contributed by atoms with Gasteiger partial charge in [0.25, 0.3) is 11.8 Å². The lowest BCUT2D eigenvalue weighted by Gasteiger charge is -2.19. The van der Waals surface area contributed by atoms with Gasteiger partial charge in [-0.3, -0.25) is 19.2 Å². The minimum absolute atomic E-state index is 0.124. The molecule has 0 spiro atoms. The van der Waals surface area contributed by atoms with E-state index in [1.165, 1.54) is 0 Å². The van der Waals surface area contributed by atoms with Gasteiger partial charge in [-0.2, -0.15) is 0 Å². The monoisotopic (exact) mass is 419 g/mol. The molecule has 1 heterocycles. The Hall–Kier alpha value is -2.55. The number of carbonyl (C=O) groups is 6. The summed E-state index contributed by atoms with van der Waals surface area (Å²) in [6.07, 6.45) is -1.35. The van der Waals surface area contributed by atoms with Gasteiger partial charge in [0.2, 0.25) is 11.9 Å². The van der Waals surface area contributed by atoms with Crippen molar-refractivity contribution in [2.45, 2.75) is 57.9 Å². The number of nitrogens with zero attached hydrogens (tertiary/aromatic N) is 1. The van der Waals surface area contributed by atoms with Crippen molar-refractivity contribution in [3.8, 4) is 0 Å². The van der Waals surface area contributed by atoms with Crippen LogP contribution in [0.5, 0.6) is 0 Å². The van der Waals surface area contributed by atoms with Crippen LogP contribution in [0.3, 0.4) is 0 Å². The van der Waals surface area contributed by atoms with Gasteiger partial charge in [0.1, 0.15) is 0 Å². The maximum atomic E-state index is 12.1. The molecule has 0 aromatic heterocycles. The van der Waals surface area contributed by atoms with Crippen LogP contribution in [-0.4, -0.2) is 59.3 Å². The number of imide groups is 1. The molecule has 11 nitrogen and oxygen atoms in total. The zero-order chi connectivity index (χ0) is 21.3. The van der Waals surface area contributed by atoms with Crippen LogP contribution in [0.25, 0.3) is 0 Å². The molecule has 1 saturated heterocycles. The van der Waals surface area contributed by atoms with Crippen LogP contribution >= 0.6 is 9.24 Å². The standard InChI is InChI=1S/C16H22NO10P/c1-3-4-7-24-15(23)16(28)26-13(21)8-10(25-9(2)18)14(22)27-17-11(19)5-6-12(17)20/h10,16H,3-8,28H2,1-2H3/t10-,16-/m0/s1. The fourth-order valence-corrected chi connectivity index (χ4v) is 2.22. The highest BCUT2D eigenvalue weighted by Crippen LogP contribution is 2.15. The van der Waals surface area contributed by atoms with E-state index in [4.69, 9.17) is 14.2 Å². The van der Waals surface area contributed by atoms with E-state index >= 15 is 0 Å². The predicted molar refractivity (Wildman–Crippen MR) is 92.8 cm³/mol. The largest absolute Gasteiger partial charge is 0.463 e. The Morgan fingerprint density at radius 3 is 2.21 bits per heavy atom. The molecule has 2 amide bonds. The van der Waals surface area contributed by atoms with Gasteiger partial charge in [-0.1, -0.05) is 22.6 Å². The average molecular weight is 419 g/mol. The van der Waals surface area contributed by atoms with Crippen molar-refractivity contribution < 1.29 is 47.8 Å². The lowest BCUT2D eigenvalue weighted by molar-refractivity contribution is -0.206. The summed E-state index contributed by atoms with van der Waals surface area (Å²) in [6.45, 7) is 3.06. The highest BCUT2D eigenvalue weighted by molar-refractivity contribution is 7.19. The van der Waals surface area contributed by atoms with Crippen molar-refractivity contribution in [1.29, 1.82) is 0 Å². The molecule has 0 aromatic carbocycles. The van der Waals surface area contributed by atoms with Crippen LogP contribution < -0.4 is 0 Å². The zero-order valence-electron chi connectivity index (χ0n) is 15.5. The van der Waals surface area contributed by atoms with Gasteiger partial charge in [0, 0.05) is 19.8 Å². The fraction of sp³-hybridized carbons (Fsp3) is 0.625. The molecule has 0 aliphatic carbocycles. The first kappa shape index (κ1) is 23.5. The second-order valence-electron chi connectivity index (χ2n) is 5.73. The molecule has 0 radical (unpaired) electrons. The molecule has 1 aliphatic rings. The summed E-state index contributed by atoms with van der Waals surface area (Å²) < 4.78 is 14.4. The molecule has 0 bridgehead atoms. The van der Waals surface area contributed by atoms with Crippen molar-refractivity contribution in [1.82, 2.24) is 5.06 Å². The second kappa shape index (κ2) is 11.3. The Morgan fingerprint density at radius 2 is 1.68 bits per heavy atom. The Labute approximate surface area is 163 Å². The van der Waals surface area contributed by atoms with E-state index < -0.39 is 54.1 Å². The van der Waals surface area contributed by atoms with Gasteiger partial charge in [-0.15, -0.1) is 5.06 Å². The van der Waals surface area contributed by atoms with Gasteiger partial charge < -0.3 is 19.0 Å². The first-order chi connectivity index (χ1) is 13.1. The normalized spacial score (nSPS) is 15.6. The van der Waals surface area contributed by atoms with Crippen LogP contribution in [0.4, 0.5) is 0 Å². The van der Waals surface area contributed by atoms with Crippen molar-refractivity contribution in [3.05, 3.63) is 0 Å². The molecular formula is C16H22NO10P. The summed E-state index contributed by atoms with van der Waals surface area (Å²) in [6, 6.07) is 0. The number of amides is 2. The van der Waals surface area contributed by atoms with Crippen molar-refractivity contribution >= 4 is 44.9 Å². The van der Waals surface area contributed by atoms with E-state index in [9.17, 15) is 28.8 Å². The molecule has 28 heavy (non-hydrogen) atoms. The Bertz CT molecular complexity index is 633. The molecule has 0 N–H and O–H groups in total. The summed E-state index contributed by atoms with van der Waals surface area (Å²) in [5.41, 5.74) is 0. The number of esters is 3. The van der Waals surface area contributed by atoms with Gasteiger partial charge in [0.15, 0.2) is 0 Å². The van der Waals surface area contributed by atoms with Crippen LogP contribution in [-0.2, 0) is 47.8 Å². The number of hydrogen-bond donors (Lipinski definition) is 0. The Morgan fingerprint density at radius 1 is 1.07 bits per heavy atom. The van der Waals surface area contributed by atoms with Crippen LogP contribution in [0.1, 0.15) is 46.0 Å². The lowest BCUT2D eigenvalue weighted by Crippen LogP contribution is -2.39. The van der Waals surface area contributed by atoms with Crippen molar-refractivity contribution in [3.63, 3.8) is 0 Å². The van der Waals surface area contributed by atoms with Crippen molar-refractivity contribution in [2.75, 3.05) is 6.61 Å². The molecule has 3 atom stereocenters. The maximum Gasteiger partial charge on any atom is 0.374 e. The SMILES string of the molecule is CCCCOC(=O)[C@H](P)OC(=O)C[C@H](OC(C)=O)C(=O)ON1C(=O)CCC1=O. The van der Waals surface area contributed by atoms with Gasteiger partial charge >= 0.3 is 23.9 Å². The molecule has 12 heteroatoms. The van der Waals surface area contributed by atoms with Crippen LogP contribution in [0, 0.1) is 0 Å². The third-order valence-corrected chi connectivity index (χ3v) is 3.75. The van der Waals surface area contributed by atoms with E-state index in [0.29, 0.717) is 6.42 Å². The summed E-state index contributed by atoms with van der Waals surface area (Å²) >= 11 is 0. The minimum atomic E-state index is -1.76.